The molecule has 2 fully saturated rings. The van der Waals surface area contributed by atoms with Gasteiger partial charge in [-0.25, -0.2) is 0 Å². The molecule has 1 atom stereocenters. The maximum absolute atomic E-state index is 12.4. The molecule has 3 heterocycles. The molecule has 7 nitrogen and oxygen atoms in total. The molecule has 1 aromatic rings. The van der Waals surface area contributed by atoms with Gasteiger partial charge in [0, 0.05) is 26.4 Å². The van der Waals surface area contributed by atoms with Crippen LogP contribution >= 0.6 is 0 Å². The number of aromatic nitrogens is 2. The second kappa shape index (κ2) is 7.19. The van der Waals surface area contributed by atoms with Gasteiger partial charge in [0.25, 0.3) is 0 Å². The quantitative estimate of drug-likeness (QED) is 0.834. The number of carbonyl (C=O) groups is 1. The first kappa shape index (κ1) is 15.4. The maximum atomic E-state index is 12.4. The Bertz CT molecular complexity index is 499. The molecule has 2 aliphatic rings. The number of rotatable bonds is 4. The molecule has 3 rings (SSSR count). The standard InChI is InChI=1S/C15H23N3O4/c1-11-16-13(17-22-11)8-12-4-2-5-18(10-12)14(19)9-15-20-6-3-7-21-15/h12,15H,2-10H2,1H3/t12-/m1/s1. The normalized spacial score (nSPS) is 23.7. The van der Waals surface area contributed by atoms with Crippen LogP contribution in [0.1, 0.15) is 37.4 Å². The number of ether oxygens (including phenoxy) is 2. The van der Waals surface area contributed by atoms with E-state index in [0.717, 1.165) is 44.6 Å². The SMILES string of the molecule is Cc1nc(C[C@H]2CCCN(C(=O)CC3OCCCO3)C2)no1. The molecule has 122 valence electrons. The largest absolute Gasteiger partial charge is 0.352 e. The minimum absolute atomic E-state index is 0.112. The van der Waals surface area contributed by atoms with Crippen molar-refractivity contribution >= 4 is 5.91 Å². The van der Waals surface area contributed by atoms with Crippen molar-refractivity contribution in [1.82, 2.24) is 15.0 Å². The predicted molar refractivity (Wildman–Crippen MR) is 77.0 cm³/mol. The van der Waals surface area contributed by atoms with E-state index in [1.807, 2.05) is 4.90 Å². The Labute approximate surface area is 129 Å². The minimum atomic E-state index is -0.374. The Morgan fingerprint density at radius 1 is 1.32 bits per heavy atom. The highest BCUT2D eigenvalue weighted by Gasteiger charge is 2.27. The molecule has 2 saturated heterocycles. The van der Waals surface area contributed by atoms with Crippen LogP contribution in [0.5, 0.6) is 0 Å². The summed E-state index contributed by atoms with van der Waals surface area (Å²) in [5.41, 5.74) is 0. The fraction of sp³-hybridized carbons (Fsp3) is 0.800. The molecular formula is C15H23N3O4. The summed E-state index contributed by atoms with van der Waals surface area (Å²) in [6.07, 6.45) is 3.71. The Morgan fingerprint density at radius 2 is 2.14 bits per heavy atom. The minimum Gasteiger partial charge on any atom is -0.352 e. The summed E-state index contributed by atoms with van der Waals surface area (Å²) < 4.78 is 15.9. The highest BCUT2D eigenvalue weighted by molar-refractivity contribution is 5.76. The molecular weight excluding hydrogens is 286 g/mol. The first-order valence-corrected chi connectivity index (χ1v) is 8.01. The van der Waals surface area contributed by atoms with Crippen LogP contribution in [0.4, 0.5) is 0 Å². The molecule has 1 amide bonds. The molecule has 1 aromatic heterocycles. The third-order valence-electron chi connectivity index (χ3n) is 4.15. The van der Waals surface area contributed by atoms with E-state index in [9.17, 15) is 4.79 Å². The fourth-order valence-corrected chi connectivity index (χ4v) is 3.07. The highest BCUT2D eigenvalue weighted by Crippen LogP contribution is 2.21. The van der Waals surface area contributed by atoms with Crippen molar-refractivity contribution in [3.05, 3.63) is 11.7 Å². The number of likely N-dealkylation sites (tertiary alicyclic amines) is 1. The van der Waals surface area contributed by atoms with E-state index in [2.05, 4.69) is 10.1 Å². The molecule has 0 bridgehead atoms. The van der Waals surface area contributed by atoms with Crippen LogP contribution in [0.15, 0.2) is 4.52 Å². The van der Waals surface area contributed by atoms with Crippen molar-refractivity contribution in [2.45, 2.75) is 45.3 Å². The molecule has 0 radical (unpaired) electrons. The molecule has 22 heavy (non-hydrogen) atoms. The average Bonchev–Trinajstić information content (AvgIpc) is 2.93. The second-order valence-corrected chi connectivity index (χ2v) is 6.01. The number of amides is 1. The number of carbonyl (C=O) groups excluding carboxylic acids is 1. The topological polar surface area (TPSA) is 77.7 Å². The smallest absolute Gasteiger partial charge is 0.227 e. The van der Waals surface area contributed by atoms with Gasteiger partial charge in [0.15, 0.2) is 12.1 Å². The summed E-state index contributed by atoms with van der Waals surface area (Å²) in [7, 11) is 0. The molecule has 0 N–H and O–H groups in total. The number of piperidine rings is 1. The Morgan fingerprint density at radius 3 is 2.86 bits per heavy atom. The number of aryl methyl sites for hydroxylation is 1. The van der Waals surface area contributed by atoms with Gasteiger partial charge in [-0.2, -0.15) is 4.98 Å². The van der Waals surface area contributed by atoms with Crippen LogP contribution in [-0.4, -0.2) is 53.5 Å². The predicted octanol–water partition coefficient (Wildman–Crippen LogP) is 1.31. The molecule has 0 spiro atoms. The van der Waals surface area contributed by atoms with E-state index in [1.54, 1.807) is 6.92 Å². The van der Waals surface area contributed by atoms with E-state index in [-0.39, 0.29) is 12.2 Å². The fourth-order valence-electron chi connectivity index (χ4n) is 3.07. The molecule has 0 unspecified atom stereocenters. The number of nitrogens with zero attached hydrogens (tertiary/aromatic N) is 3. The van der Waals surface area contributed by atoms with Gasteiger partial charge < -0.3 is 18.9 Å². The van der Waals surface area contributed by atoms with Crippen molar-refractivity contribution in [1.29, 1.82) is 0 Å². The summed E-state index contributed by atoms with van der Waals surface area (Å²) >= 11 is 0. The van der Waals surface area contributed by atoms with E-state index in [4.69, 9.17) is 14.0 Å². The Hall–Kier alpha value is -1.47. The van der Waals surface area contributed by atoms with Crippen LogP contribution in [0.3, 0.4) is 0 Å². The summed E-state index contributed by atoms with van der Waals surface area (Å²) in [5.74, 6) is 1.82. The first-order valence-electron chi connectivity index (χ1n) is 8.01. The van der Waals surface area contributed by atoms with Gasteiger partial charge in [-0.15, -0.1) is 0 Å². The lowest BCUT2D eigenvalue weighted by Gasteiger charge is -2.33. The van der Waals surface area contributed by atoms with Crippen LogP contribution in [0.2, 0.25) is 0 Å². The maximum Gasteiger partial charge on any atom is 0.227 e. The van der Waals surface area contributed by atoms with E-state index in [1.165, 1.54) is 0 Å². The summed E-state index contributed by atoms with van der Waals surface area (Å²) in [6, 6.07) is 0. The molecule has 2 aliphatic heterocycles. The molecule has 0 saturated carbocycles. The summed E-state index contributed by atoms with van der Waals surface area (Å²) in [5, 5.41) is 3.94. The van der Waals surface area contributed by atoms with Gasteiger partial charge in [0.05, 0.1) is 19.6 Å². The first-order chi connectivity index (χ1) is 10.7. The van der Waals surface area contributed by atoms with E-state index in [0.29, 0.717) is 31.4 Å². The zero-order chi connectivity index (χ0) is 15.4. The molecule has 0 aromatic carbocycles. The van der Waals surface area contributed by atoms with Gasteiger partial charge in [-0.05, 0) is 25.2 Å². The molecule has 0 aliphatic carbocycles. The zero-order valence-corrected chi connectivity index (χ0v) is 13.0. The lowest BCUT2D eigenvalue weighted by Crippen LogP contribution is -2.42. The van der Waals surface area contributed by atoms with Crippen LogP contribution in [-0.2, 0) is 20.7 Å². The van der Waals surface area contributed by atoms with Gasteiger partial charge in [0.1, 0.15) is 0 Å². The number of hydrogen-bond donors (Lipinski definition) is 0. The van der Waals surface area contributed by atoms with Crippen molar-refractivity contribution in [2.75, 3.05) is 26.3 Å². The van der Waals surface area contributed by atoms with Crippen molar-refractivity contribution in [2.24, 2.45) is 5.92 Å². The van der Waals surface area contributed by atoms with Crippen molar-refractivity contribution in [3.8, 4) is 0 Å². The monoisotopic (exact) mass is 309 g/mol. The third-order valence-corrected chi connectivity index (χ3v) is 4.15. The third kappa shape index (κ3) is 4.04. The van der Waals surface area contributed by atoms with E-state index >= 15 is 0 Å². The Kier molecular flexibility index (Phi) is 5.04. The summed E-state index contributed by atoms with van der Waals surface area (Å²) in [6.45, 7) is 4.71. The Balaban J connectivity index is 1.49. The van der Waals surface area contributed by atoms with Gasteiger partial charge in [-0.1, -0.05) is 5.16 Å². The van der Waals surface area contributed by atoms with Gasteiger partial charge >= 0.3 is 0 Å². The van der Waals surface area contributed by atoms with E-state index < -0.39 is 0 Å². The highest BCUT2D eigenvalue weighted by atomic mass is 16.7. The lowest BCUT2D eigenvalue weighted by molar-refractivity contribution is -0.187. The second-order valence-electron chi connectivity index (χ2n) is 6.01. The zero-order valence-electron chi connectivity index (χ0n) is 13.0. The van der Waals surface area contributed by atoms with Gasteiger partial charge in [0.2, 0.25) is 11.8 Å². The summed E-state index contributed by atoms with van der Waals surface area (Å²) in [4.78, 5) is 18.6. The average molecular weight is 309 g/mol. The number of hydrogen-bond acceptors (Lipinski definition) is 6. The van der Waals surface area contributed by atoms with Gasteiger partial charge in [-0.3, -0.25) is 4.79 Å². The molecule has 7 heteroatoms. The van der Waals surface area contributed by atoms with Crippen LogP contribution in [0, 0.1) is 12.8 Å². The lowest BCUT2D eigenvalue weighted by atomic mass is 9.94. The van der Waals surface area contributed by atoms with Crippen LogP contribution < -0.4 is 0 Å². The van der Waals surface area contributed by atoms with Crippen molar-refractivity contribution < 1.29 is 18.8 Å². The van der Waals surface area contributed by atoms with Crippen LogP contribution in [0.25, 0.3) is 0 Å². The van der Waals surface area contributed by atoms with Crippen molar-refractivity contribution in [3.63, 3.8) is 0 Å².